The van der Waals surface area contributed by atoms with Gasteiger partial charge in [-0.05, 0) is 24.3 Å². The van der Waals surface area contributed by atoms with Crippen molar-refractivity contribution in [2.45, 2.75) is 13.5 Å². The van der Waals surface area contributed by atoms with Crippen molar-refractivity contribution >= 4 is 40.8 Å². The van der Waals surface area contributed by atoms with Gasteiger partial charge in [0.25, 0.3) is 11.8 Å². The van der Waals surface area contributed by atoms with Gasteiger partial charge >= 0.3 is 5.97 Å². The number of carbonyl (C=O) groups is 1. The normalized spacial score (nSPS) is 10.6. The highest BCUT2D eigenvalue weighted by Crippen LogP contribution is 2.36. The van der Waals surface area contributed by atoms with Crippen LogP contribution in [0.2, 0.25) is 15.1 Å². The second kappa shape index (κ2) is 7.95. The second-order valence-electron chi connectivity index (χ2n) is 5.08. The van der Waals surface area contributed by atoms with Gasteiger partial charge < -0.3 is 13.9 Å². The minimum atomic E-state index is -0.451. The summed E-state index contributed by atoms with van der Waals surface area (Å²) < 4.78 is 16.3. The molecule has 9 heteroatoms. The fourth-order valence-corrected chi connectivity index (χ4v) is 3.03. The highest BCUT2D eigenvalue weighted by Gasteiger charge is 2.16. The number of carbonyl (C=O) groups excluding carboxylic acids is 1. The summed E-state index contributed by atoms with van der Waals surface area (Å²) in [5, 5.41) is 8.79. The molecular formula is C17H11Cl3N2O4. The van der Waals surface area contributed by atoms with Crippen LogP contribution in [0.5, 0.6) is 11.5 Å². The summed E-state index contributed by atoms with van der Waals surface area (Å²) in [5.41, 5.74) is 0.490. The Bertz CT molecular complexity index is 936. The van der Waals surface area contributed by atoms with Gasteiger partial charge in [-0.3, -0.25) is 4.79 Å². The van der Waals surface area contributed by atoms with Crippen LogP contribution in [0, 0.1) is 0 Å². The first-order valence-corrected chi connectivity index (χ1v) is 8.45. The van der Waals surface area contributed by atoms with E-state index in [1.807, 2.05) is 0 Å². The van der Waals surface area contributed by atoms with E-state index < -0.39 is 5.97 Å². The van der Waals surface area contributed by atoms with Gasteiger partial charge in [-0.2, -0.15) is 0 Å². The Hall–Kier alpha value is -2.28. The van der Waals surface area contributed by atoms with Crippen LogP contribution < -0.4 is 9.47 Å². The first-order chi connectivity index (χ1) is 12.4. The SMILES string of the molecule is CC(=O)Oc1ccccc1-c1nnc(COc2c(Cl)cc(Cl)cc2Cl)o1. The molecule has 3 aromatic rings. The minimum absolute atomic E-state index is 0.0518. The monoisotopic (exact) mass is 412 g/mol. The molecule has 0 N–H and O–H groups in total. The first kappa shape index (κ1) is 18.5. The van der Waals surface area contributed by atoms with Gasteiger partial charge in [-0.15, -0.1) is 10.2 Å². The molecule has 134 valence electrons. The van der Waals surface area contributed by atoms with E-state index in [2.05, 4.69) is 10.2 Å². The minimum Gasteiger partial charge on any atom is -0.481 e. The molecule has 0 unspecified atom stereocenters. The Labute approximate surface area is 163 Å². The molecule has 0 saturated carbocycles. The number of aromatic nitrogens is 2. The van der Waals surface area contributed by atoms with Crippen LogP contribution in [0.15, 0.2) is 40.8 Å². The average Bonchev–Trinajstić information content (AvgIpc) is 3.02. The van der Waals surface area contributed by atoms with E-state index in [0.29, 0.717) is 16.3 Å². The van der Waals surface area contributed by atoms with Crippen molar-refractivity contribution in [1.82, 2.24) is 10.2 Å². The molecule has 0 aliphatic heterocycles. The van der Waals surface area contributed by atoms with Crippen molar-refractivity contribution in [2.75, 3.05) is 0 Å². The fraction of sp³-hybridized carbons (Fsp3) is 0.118. The number of esters is 1. The number of ether oxygens (including phenoxy) is 2. The highest BCUT2D eigenvalue weighted by atomic mass is 35.5. The second-order valence-corrected chi connectivity index (χ2v) is 6.33. The van der Waals surface area contributed by atoms with Gasteiger partial charge in [-0.1, -0.05) is 46.9 Å². The molecule has 1 heterocycles. The molecule has 0 fully saturated rings. The molecule has 0 aliphatic rings. The quantitative estimate of drug-likeness (QED) is 0.423. The van der Waals surface area contributed by atoms with Crippen LogP contribution >= 0.6 is 34.8 Å². The zero-order chi connectivity index (χ0) is 18.7. The lowest BCUT2D eigenvalue weighted by atomic mass is 10.2. The summed E-state index contributed by atoms with van der Waals surface area (Å²) in [7, 11) is 0. The van der Waals surface area contributed by atoms with Crippen LogP contribution in [-0.2, 0) is 11.4 Å². The molecule has 0 aliphatic carbocycles. The van der Waals surface area contributed by atoms with E-state index >= 15 is 0 Å². The van der Waals surface area contributed by atoms with Crippen LogP contribution in [0.1, 0.15) is 12.8 Å². The van der Waals surface area contributed by atoms with E-state index in [1.54, 1.807) is 24.3 Å². The lowest BCUT2D eigenvalue weighted by Crippen LogP contribution is -2.02. The molecule has 6 nitrogen and oxygen atoms in total. The summed E-state index contributed by atoms with van der Waals surface area (Å²) in [4.78, 5) is 11.2. The van der Waals surface area contributed by atoms with Crippen LogP contribution in [-0.4, -0.2) is 16.2 Å². The highest BCUT2D eigenvalue weighted by molar-refractivity contribution is 6.40. The molecule has 0 radical (unpaired) electrons. The molecule has 3 rings (SSSR count). The average molecular weight is 414 g/mol. The van der Waals surface area contributed by atoms with Crippen LogP contribution in [0.4, 0.5) is 0 Å². The third kappa shape index (κ3) is 4.27. The van der Waals surface area contributed by atoms with Crippen molar-refractivity contribution in [3.63, 3.8) is 0 Å². The van der Waals surface area contributed by atoms with E-state index in [1.165, 1.54) is 19.1 Å². The molecule has 0 bridgehead atoms. The van der Waals surface area contributed by atoms with Gasteiger partial charge in [0.1, 0.15) is 5.75 Å². The molecule has 1 aromatic heterocycles. The Kier molecular flexibility index (Phi) is 5.66. The van der Waals surface area contributed by atoms with Crippen LogP contribution in [0.25, 0.3) is 11.5 Å². The summed E-state index contributed by atoms with van der Waals surface area (Å²) in [6.07, 6.45) is 0. The molecule has 26 heavy (non-hydrogen) atoms. The number of hydrogen-bond acceptors (Lipinski definition) is 6. The summed E-state index contributed by atoms with van der Waals surface area (Å²) in [6, 6.07) is 9.84. The maximum atomic E-state index is 11.2. The molecule has 2 aromatic carbocycles. The summed E-state index contributed by atoms with van der Waals surface area (Å²) >= 11 is 18.0. The number of para-hydroxylation sites is 1. The maximum Gasteiger partial charge on any atom is 0.308 e. The topological polar surface area (TPSA) is 74.5 Å². The van der Waals surface area contributed by atoms with Gasteiger partial charge in [0.15, 0.2) is 12.4 Å². The fourth-order valence-electron chi connectivity index (χ4n) is 2.11. The number of benzene rings is 2. The third-order valence-electron chi connectivity index (χ3n) is 3.14. The largest absolute Gasteiger partial charge is 0.481 e. The standard InChI is InChI=1S/C17H11Cl3N2O4/c1-9(23)25-14-5-3-2-4-11(14)17-22-21-15(26-17)8-24-16-12(19)6-10(18)7-13(16)20/h2-7H,8H2,1H3. The van der Waals surface area contributed by atoms with Crippen molar-refractivity contribution in [1.29, 1.82) is 0 Å². The van der Waals surface area contributed by atoms with Gasteiger partial charge in [0.2, 0.25) is 0 Å². The van der Waals surface area contributed by atoms with E-state index in [4.69, 9.17) is 48.7 Å². The van der Waals surface area contributed by atoms with Gasteiger partial charge in [-0.25, -0.2) is 0 Å². The zero-order valence-corrected chi connectivity index (χ0v) is 15.6. The Morgan fingerprint density at radius 2 is 1.81 bits per heavy atom. The van der Waals surface area contributed by atoms with E-state index in [9.17, 15) is 4.79 Å². The molecule has 0 amide bonds. The smallest absolute Gasteiger partial charge is 0.308 e. The van der Waals surface area contributed by atoms with E-state index in [0.717, 1.165) is 0 Å². The molecule has 0 atom stereocenters. The predicted octanol–water partition coefficient (Wildman–Crippen LogP) is 5.20. The van der Waals surface area contributed by atoms with Gasteiger partial charge in [0, 0.05) is 11.9 Å². The lowest BCUT2D eigenvalue weighted by Gasteiger charge is -2.08. The number of halogens is 3. The summed E-state index contributed by atoms with van der Waals surface area (Å²) in [5.74, 6) is 0.513. The Morgan fingerprint density at radius 3 is 2.50 bits per heavy atom. The zero-order valence-electron chi connectivity index (χ0n) is 13.3. The molecular weight excluding hydrogens is 403 g/mol. The number of rotatable bonds is 5. The first-order valence-electron chi connectivity index (χ1n) is 7.31. The van der Waals surface area contributed by atoms with Crippen molar-refractivity contribution in [3.8, 4) is 23.0 Å². The van der Waals surface area contributed by atoms with Crippen molar-refractivity contribution in [3.05, 3.63) is 57.4 Å². The summed E-state index contributed by atoms with van der Waals surface area (Å²) in [6.45, 7) is 1.26. The Morgan fingerprint density at radius 1 is 1.12 bits per heavy atom. The number of nitrogens with zero attached hydrogens (tertiary/aromatic N) is 2. The number of hydrogen-bond donors (Lipinski definition) is 0. The molecule has 0 saturated heterocycles. The van der Waals surface area contributed by atoms with Crippen molar-refractivity contribution in [2.24, 2.45) is 0 Å². The van der Waals surface area contributed by atoms with Crippen molar-refractivity contribution < 1.29 is 18.7 Å². The van der Waals surface area contributed by atoms with Gasteiger partial charge in [0.05, 0.1) is 15.6 Å². The van der Waals surface area contributed by atoms with E-state index in [-0.39, 0.29) is 34.2 Å². The Balaban J connectivity index is 1.78. The molecule has 0 spiro atoms. The lowest BCUT2D eigenvalue weighted by molar-refractivity contribution is -0.131. The predicted molar refractivity (Wildman–Crippen MR) is 96.8 cm³/mol. The van der Waals surface area contributed by atoms with Crippen LogP contribution in [0.3, 0.4) is 0 Å². The third-order valence-corrected chi connectivity index (χ3v) is 3.92. The maximum absolute atomic E-state index is 11.2.